The quantitative estimate of drug-likeness (QED) is 0.322. The number of hydrogen-bond donors (Lipinski definition) is 0. The molecule has 0 aliphatic rings. The second-order valence-corrected chi connectivity index (χ2v) is 8.98. The molecule has 3 heterocycles. The van der Waals surface area contributed by atoms with Crippen molar-refractivity contribution < 1.29 is 13.2 Å². The van der Waals surface area contributed by atoms with Crippen LogP contribution in [0.25, 0.3) is 10.6 Å². The van der Waals surface area contributed by atoms with Gasteiger partial charge in [-0.15, -0.1) is 32.9 Å². The largest absolute Gasteiger partial charge is 0.416 e. The lowest BCUT2D eigenvalue weighted by atomic mass is 10.1. The highest BCUT2D eigenvalue weighted by molar-refractivity contribution is 7.98. The Balaban J connectivity index is 1.37. The Morgan fingerprint density at radius 1 is 1.07 bits per heavy atom. The molecule has 4 rings (SSSR count). The lowest BCUT2D eigenvalue weighted by molar-refractivity contribution is -0.137. The molecule has 0 bridgehead atoms. The summed E-state index contributed by atoms with van der Waals surface area (Å²) in [6, 6.07) is 9.24. The molecule has 0 saturated carbocycles. The standard InChI is InChI=1S/C19H15F3N4S3/c20-19(21,22)14-5-3-13(4-6-14)17-24-15(10-28-17)11-29-18-25-23-12-26(18)8-7-16-2-1-9-27-16/h1-6,9-10,12H,7-8,11H2. The Kier molecular flexibility index (Phi) is 6.02. The van der Waals surface area contributed by atoms with Crippen LogP contribution in [0.15, 0.2) is 58.6 Å². The average Bonchev–Trinajstić information content (AvgIpc) is 3.45. The SMILES string of the molecule is FC(F)(F)c1ccc(-c2nc(CSc3nncn3CCc3cccs3)cs2)cc1. The Morgan fingerprint density at radius 2 is 1.90 bits per heavy atom. The van der Waals surface area contributed by atoms with Crippen LogP contribution in [0.3, 0.4) is 0 Å². The highest BCUT2D eigenvalue weighted by Crippen LogP contribution is 2.32. The van der Waals surface area contributed by atoms with Gasteiger partial charge in [0.25, 0.3) is 0 Å². The van der Waals surface area contributed by atoms with Crippen LogP contribution in [0.5, 0.6) is 0 Å². The second kappa shape index (κ2) is 8.68. The fourth-order valence-electron chi connectivity index (χ4n) is 2.64. The Labute approximate surface area is 177 Å². The van der Waals surface area contributed by atoms with E-state index in [0.717, 1.165) is 35.9 Å². The highest BCUT2D eigenvalue weighted by Gasteiger charge is 2.30. The number of alkyl halides is 3. The van der Waals surface area contributed by atoms with Crippen molar-refractivity contribution in [2.45, 2.75) is 30.1 Å². The molecule has 0 fully saturated rings. The van der Waals surface area contributed by atoms with E-state index in [1.165, 1.54) is 28.3 Å². The second-order valence-electron chi connectivity index (χ2n) is 6.14. The molecular weight excluding hydrogens is 437 g/mol. The Hall–Kier alpha value is -2.17. The molecule has 0 N–H and O–H groups in total. The van der Waals surface area contributed by atoms with Crippen LogP contribution in [0.1, 0.15) is 16.1 Å². The van der Waals surface area contributed by atoms with Gasteiger partial charge >= 0.3 is 6.18 Å². The molecule has 1 aromatic carbocycles. The number of thioether (sulfide) groups is 1. The summed E-state index contributed by atoms with van der Waals surface area (Å²) >= 11 is 4.70. The van der Waals surface area contributed by atoms with E-state index < -0.39 is 11.7 Å². The minimum absolute atomic E-state index is 0.620. The van der Waals surface area contributed by atoms with Crippen LogP contribution in [0.4, 0.5) is 13.2 Å². The molecule has 0 unspecified atom stereocenters. The van der Waals surface area contributed by atoms with Gasteiger partial charge in [0.05, 0.1) is 11.3 Å². The Morgan fingerprint density at radius 3 is 2.62 bits per heavy atom. The van der Waals surface area contributed by atoms with Crippen LogP contribution < -0.4 is 0 Å². The number of thiazole rings is 1. The molecule has 0 aliphatic heterocycles. The third-order valence-electron chi connectivity index (χ3n) is 4.12. The molecule has 150 valence electrons. The van der Waals surface area contributed by atoms with E-state index in [9.17, 15) is 13.2 Å². The van der Waals surface area contributed by atoms with Crippen molar-refractivity contribution in [3.8, 4) is 10.6 Å². The highest BCUT2D eigenvalue weighted by atomic mass is 32.2. The summed E-state index contributed by atoms with van der Waals surface area (Å²) in [6.45, 7) is 0.809. The monoisotopic (exact) mass is 452 g/mol. The average molecular weight is 453 g/mol. The number of aromatic nitrogens is 4. The van der Waals surface area contributed by atoms with Gasteiger partial charge in [-0.25, -0.2) is 4.98 Å². The van der Waals surface area contributed by atoms with Crippen LogP contribution >= 0.6 is 34.4 Å². The molecule has 0 spiro atoms. The summed E-state index contributed by atoms with van der Waals surface area (Å²) in [5, 5.41) is 13.7. The maximum absolute atomic E-state index is 12.7. The number of rotatable bonds is 7. The zero-order valence-electron chi connectivity index (χ0n) is 15.0. The summed E-state index contributed by atoms with van der Waals surface area (Å²) in [5.41, 5.74) is 0.886. The molecule has 0 amide bonds. The predicted molar refractivity (Wildman–Crippen MR) is 110 cm³/mol. The minimum atomic E-state index is -4.33. The maximum atomic E-state index is 12.7. The lowest BCUT2D eigenvalue weighted by Crippen LogP contribution is -2.03. The fourth-order valence-corrected chi connectivity index (χ4v) is 5.10. The number of benzene rings is 1. The maximum Gasteiger partial charge on any atom is 0.416 e. The first-order chi connectivity index (χ1) is 14.0. The van der Waals surface area contributed by atoms with Crippen LogP contribution in [-0.4, -0.2) is 19.7 Å². The molecule has 10 heteroatoms. The topological polar surface area (TPSA) is 43.6 Å². The van der Waals surface area contributed by atoms with E-state index in [2.05, 4.69) is 26.6 Å². The molecule has 29 heavy (non-hydrogen) atoms. The zero-order valence-corrected chi connectivity index (χ0v) is 17.4. The summed E-state index contributed by atoms with van der Waals surface area (Å²) in [7, 11) is 0. The van der Waals surface area contributed by atoms with Crippen molar-refractivity contribution in [1.82, 2.24) is 19.7 Å². The number of halogens is 3. The van der Waals surface area contributed by atoms with Crippen molar-refractivity contribution >= 4 is 34.4 Å². The van der Waals surface area contributed by atoms with Gasteiger partial charge in [-0.2, -0.15) is 13.2 Å². The normalized spacial score (nSPS) is 11.8. The lowest BCUT2D eigenvalue weighted by Gasteiger charge is -2.06. The first-order valence-electron chi connectivity index (χ1n) is 8.64. The molecule has 0 atom stereocenters. The van der Waals surface area contributed by atoms with Crippen molar-refractivity contribution in [1.29, 1.82) is 0 Å². The summed E-state index contributed by atoms with van der Waals surface area (Å²) in [4.78, 5) is 5.86. The number of nitrogens with zero attached hydrogens (tertiary/aromatic N) is 4. The number of hydrogen-bond acceptors (Lipinski definition) is 6. The van der Waals surface area contributed by atoms with Gasteiger partial charge in [-0.05, 0) is 30.0 Å². The van der Waals surface area contributed by atoms with Crippen LogP contribution in [0.2, 0.25) is 0 Å². The van der Waals surface area contributed by atoms with E-state index in [-0.39, 0.29) is 0 Å². The van der Waals surface area contributed by atoms with Crippen molar-refractivity contribution in [3.63, 3.8) is 0 Å². The van der Waals surface area contributed by atoms with E-state index in [1.807, 2.05) is 16.0 Å². The molecule has 3 aromatic heterocycles. The first kappa shape index (κ1) is 20.1. The van der Waals surface area contributed by atoms with Crippen LogP contribution in [-0.2, 0) is 24.9 Å². The van der Waals surface area contributed by atoms with Gasteiger partial charge in [0.15, 0.2) is 5.16 Å². The molecule has 0 aliphatic carbocycles. The zero-order chi connectivity index (χ0) is 20.3. The van der Waals surface area contributed by atoms with Gasteiger partial charge in [0.1, 0.15) is 11.3 Å². The fraction of sp³-hybridized carbons (Fsp3) is 0.211. The van der Waals surface area contributed by atoms with Crippen molar-refractivity contribution in [2.75, 3.05) is 0 Å². The van der Waals surface area contributed by atoms with E-state index >= 15 is 0 Å². The molecule has 0 radical (unpaired) electrons. The number of aryl methyl sites for hydroxylation is 2. The molecule has 4 nitrogen and oxygen atoms in total. The Bertz CT molecular complexity index is 1050. The van der Waals surface area contributed by atoms with Gasteiger partial charge in [-0.3, -0.25) is 0 Å². The van der Waals surface area contributed by atoms with Gasteiger partial charge < -0.3 is 4.57 Å². The van der Waals surface area contributed by atoms with Gasteiger partial charge in [0.2, 0.25) is 0 Å². The third-order valence-corrected chi connectivity index (χ3v) is 7.01. The van der Waals surface area contributed by atoms with Crippen molar-refractivity contribution in [3.05, 3.63) is 69.6 Å². The number of thiophene rings is 1. The molecule has 0 saturated heterocycles. The van der Waals surface area contributed by atoms with Crippen LogP contribution in [0, 0.1) is 0 Å². The van der Waals surface area contributed by atoms with E-state index in [1.54, 1.807) is 29.4 Å². The third kappa shape index (κ3) is 5.06. The van der Waals surface area contributed by atoms with E-state index in [4.69, 9.17) is 0 Å². The molecule has 4 aromatic rings. The predicted octanol–water partition coefficient (Wildman–Crippen LogP) is 6.02. The summed E-state index contributed by atoms with van der Waals surface area (Å²) in [5.74, 6) is 0.620. The van der Waals surface area contributed by atoms with E-state index in [0.29, 0.717) is 16.3 Å². The summed E-state index contributed by atoms with van der Waals surface area (Å²) < 4.78 is 40.1. The molecular formula is C19H15F3N4S3. The van der Waals surface area contributed by atoms with Gasteiger partial charge in [0, 0.05) is 28.1 Å². The minimum Gasteiger partial charge on any atom is -0.308 e. The van der Waals surface area contributed by atoms with Crippen molar-refractivity contribution in [2.24, 2.45) is 0 Å². The smallest absolute Gasteiger partial charge is 0.308 e. The summed E-state index contributed by atoms with van der Waals surface area (Å²) in [6.07, 6.45) is -1.68. The first-order valence-corrected chi connectivity index (χ1v) is 11.4. The van der Waals surface area contributed by atoms with Gasteiger partial charge in [-0.1, -0.05) is 30.0 Å².